The van der Waals surface area contributed by atoms with Gasteiger partial charge >= 0.3 is 6.09 Å². The summed E-state index contributed by atoms with van der Waals surface area (Å²) in [6, 6.07) is 6.23. The fourth-order valence-corrected chi connectivity index (χ4v) is 3.07. The normalized spacial score (nSPS) is 25.9. The molecule has 1 fully saturated rings. The van der Waals surface area contributed by atoms with Gasteiger partial charge in [-0.25, -0.2) is 4.79 Å². The number of carboxylic acid groups (broad SMARTS) is 1. The largest absolute Gasteiger partial charge is 0.493 e. The van der Waals surface area contributed by atoms with Crippen LogP contribution in [0.4, 0.5) is 4.79 Å². The molecular formula is C14H17NO3. The number of ether oxygens (including phenoxy) is 1. The molecule has 0 aliphatic carbocycles. The lowest BCUT2D eigenvalue weighted by Gasteiger charge is -2.16. The molecule has 4 heteroatoms. The lowest BCUT2D eigenvalue weighted by atomic mass is 9.87. The number of amides is 1. The van der Waals surface area contributed by atoms with Crippen molar-refractivity contribution in [2.24, 2.45) is 5.92 Å². The van der Waals surface area contributed by atoms with Gasteiger partial charge in [0, 0.05) is 19.0 Å². The lowest BCUT2D eigenvalue weighted by Crippen LogP contribution is -2.27. The van der Waals surface area contributed by atoms with Crippen molar-refractivity contribution in [1.29, 1.82) is 0 Å². The van der Waals surface area contributed by atoms with E-state index in [1.165, 1.54) is 16.0 Å². The number of rotatable bonds is 0. The SMILES string of the molecule is Cc1ccc2c(c1)OCCC1CN(C(=O)O)C[C@H]21. The second-order valence-corrected chi connectivity index (χ2v) is 5.23. The zero-order valence-electron chi connectivity index (χ0n) is 10.4. The van der Waals surface area contributed by atoms with Gasteiger partial charge in [-0.15, -0.1) is 0 Å². The maximum atomic E-state index is 11.1. The van der Waals surface area contributed by atoms with Crippen LogP contribution in [0.2, 0.25) is 0 Å². The molecule has 1 amide bonds. The van der Waals surface area contributed by atoms with Crippen LogP contribution in [0.3, 0.4) is 0 Å². The maximum Gasteiger partial charge on any atom is 0.407 e. The first-order valence-electron chi connectivity index (χ1n) is 6.36. The van der Waals surface area contributed by atoms with Crippen molar-refractivity contribution in [3.8, 4) is 5.75 Å². The van der Waals surface area contributed by atoms with Crippen LogP contribution in [0, 0.1) is 12.8 Å². The van der Waals surface area contributed by atoms with Crippen molar-refractivity contribution in [2.75, 3.05) is 19.7 Å². The highest BCUT2D eigenvalue weighted by Crippen LogP contribution is 2.41. The molecule has 0 radical (unpaired) electrons. The average molecular weight is 247 g/mol. The Morgan fingerprint density at radius 2 is 2.28 bits per heavy atom. The van der Waals surface area contributed by atoms with Crippen LogP contribution < -0.4 is 4.74 Å². The van der Waals surface area contributed by atoms with Crippen LogP contribution in [-0.2, 0) is 0 Å². The molecule has 2 aliphatic rings. The Morgan fingerprint density at radius 1 is 1.44 bits per heavy atom. The van der Waals surface area contributed by atoms with E-state index in [-0.39, 0.29) is 0 Å². The van der Waals surface area contributed by atoms with Crippen molar-refractivity contribution >= 4 is 6.09 Å². The topological polar surface area (TPSA) is 49.8 Å². The number of aryl methyl sites for hydroxylation is 1. The lowest BCUT2D eigenvalue weighted by molar-refractivity contribution is 0.152. The Kier molecular flexibility index (Phi) is 2.65. The molecule has 2 heterocycles. The number of likely N-dealkylation sites (tertiary alicyclic amines) is 1. The summed E-state index contributed by atoms with van der Waals surface area (Å²) in [6.07, 6.45) is 0.125. The third kappa shape index (κ3) is 1.82. The average Bonchev–Trinajstić information content (AvgIpc) is 2.67. The minimum absolute atomic E-state index is 0.291. The highest BCUT2D eigenvalue weighted by molar-refractivity contribution is 5.65. The summed E-state index contributed by atoms with van der Waals surface area (Å²) in [4.78, 5) is 12.6. The van der Waals surface area contributed by atoms with Gasteiger partial charge < -0.3 is 14.7 Å². The summed E-state index contributed by atoms with van der Waals surface area (Å²) in [6.45, 7) is 3.96. The van der Waals surface area contributed by atoms with E-state index in [1.807, 2.05) is 6.92 Å². The molecule has 1 N–H and O–H groups in total. The minimum Gasteiger partial charge on any atom is -0.493 e. The Bertz CT molecular complexity index is 486. The van der Waals surface area contributed by atoms with Crippen LogP contribution in [-0.4, -0.2) is 35.8 Å². The van der Waals surface area contributed by atoms with Crippen LogP contribution in [0.5, 0.6) is 5.75 Å². The van der Waals surface area contributed by atoms with E-state index in [2.05, 4.69) is 18.2 Å². The van der Waals surface area contributed by atoms with E-state index in [9.17, 15) is 4.79 Å². The number of carbonyl (C=O) groups is 1. The van der Waals surface area contributed by atoms with Gasteiger partial charge in [0.05, 0.1) is 6.61 Å². The Morgan fingerprint density at radius 3 is 3.06 bits per heavy atom. The first-order chi connectivity index (χ1) is 8.65. The smallest absolute Gasteiger partial charge is 0.407 e. The number of fused-ring (bicyclic) bond motifs is 3. The summed E-state index contributed by atoms with van der Waals surface area (Å²) in [5.41, 5.74) is 2.35. The number of nitrogens with zero attached hydrogens (tertiary/aromatic N) is 1. The molecule has 1 aromatic carbocycles. The Labute approximate surface area is 106 Å². The summed E-state index contributed by atoms with van der Waals surface area (Å²) >= 11 is 0. The Balaban J connectivity index is 1.96. The van der Waals surface area contributed by atoms with Gasteiger partial charge in [-0.2, -0.15) is 0 Å². The molecule has 0 bridgehead atoms. The maximum absolute atomic E-state index is 11.1. The van der Waals surface area contributed by atoms with Crippen LogP contribution in [0.25, 0.3) is 0 Å². The van der Waals surface area contributed by atoms with Gasteiger partial charge in [0.25, 0.3) is 0 Å². The number of benzene rings is 1. The van der Waals surface area contributed by atoms with Crippen LogP contribution in [0.1, 0.15) is 23.5 Å². The second-order valence-electron chi connectivity index (χ2n) is 5.23. The molecule has 1 saturated heterocycles. The molecule has 96 valence electrons. The zero-order chi connectivity index (χ0) is 12.7. The molecule has 2 aliphatic heterocycles. The van der Waals surface area contributed by atoms with Crippen molar-refractivity contribution in [1.82, 2.24) is 4.90 Å². The van der Waals surface area contributed by atoms with Crippen LogP contribution >= 0.6 is 0 Å². The van der Waals surface area contributed by atoms with E-state index in [0.717, 1.165) is 12.2 Å². The van der Waals surface area contributed by atoms with E-state index in [4.69, 9.17) is 9.84 Å². The Hall–Kier alpha value is -1.71. The summed E-state index contributed by atoms with van der Waals surface area (Å²) in [5, 5.41) is 9.12. The van der Waals surface area contributed by atoms with E-state index in [0.29, 0.717) is 31.5 Å². The van der Waals surface area contributed by atoms with Gasteiger partial charge in [0.1, 0.15) is 5.75 Å². The van der Waals surface area contributed by atoms with Gasteiger partial charge in [0.2, 0.25) is 0 Å². The van der Waals surface area contributed by atoms with E-state index >= 15 is 0 Å². The second kappa shape index (κ2) is 4.19. The predicted octanol–water partition coefficient (Wildman–Crippen LogP) is 2.47. The van der Waals surface area contributed by atoms with E-state index in [1.54, 1.807) is 0 Å². The molecule has 4 nitrogen and oxygen atoms in total. The van der Waals surface area contributed by atoms with Crippen molar-refractivity contribution in [3.63, 3.8) is 0 Å². The third-order valence-electron chi connectivity index (χ3n) is 4.03. The number of hydrogen-bond acceptors (Lipinski definition) is 2. The molecule has 3 rings (SSSR count). The minimum atomic E-state index is -0.808. The molecule has 0 spiro atoms. The summed E-state index contributed by atoms with van der Waals surface area (Å²) in [7, 11) is 0. The van der Waals surface area contributed by atoms with Crippen molar-refractivity contribution in [2.45, 2.75) is 19.3 Å². The fraction of sp³-hybridized carbons (Fsp3) is 0.500. The molecule has 18 heavy (non-hydrogen) atoms. The van der Waals surface area contributed by atoms with Gasteiger partial charge in [-0.1, -0.05) is 12.1 Å². The molecule has 2 atom stereocenters. The zero-order valence-corrected chi connectivity index (χ0v) is 10.4. The quantitative estimate of drug-likeness (QED) is 0.766. The summed E-state index contributed by atoms with van der Waals surface area (Å²) in [5.74, 6) is 1.62. The fourth-order valence-electron chi connectivity index (χ4n) is 3.07. The van der Waals surface area contributed by atoms with Crippen molar-refractivity contribution in [3.05, 3.63) is 29.3 Å². The molecule has 0 aromatic heterocycles. The molecular weight excluding hydrogens is 230 g/mol. The standard InChI is InChI=1S/C14H17NO3/c1-9-2-3-11-12-8-15(14(16)17)7-10(12)4-5-18-13(11)6-9/h2-3,6,10,12H,4-5,7-8H2,1H3,(H,16,17)/t10?,12-/m0/s1. The first kappa shape index (κ1) is 11.4. The summed E-state index contributed by atoms with van der Waals surface area (Å²) < 4.78 is 5.80. The van der Waals surface area contributed by atoms with Gasteiger partial charge in [-0.05, 0) is 36.5 Å². The van der Waals surface area contributed by atoms with Gasteiger partial charge in [0.15, 0.2) is 0 Å². The van der Waals surface area contributed by atoms with Crippen LogP contribution in [0.15, 0.2) is 18.2 Å². The predicted molar refractivity (Wildman–Crippen MR) is 67.1 cm³/mol. The third-order valence-corrected chi connectivity index (χ3v) is 4.03. The van der Waals surface area contributed by atoms with E-state index < -0.39 is 6.09 Å². The molecule has 1 unspecified atom stereocenters. The molecule has 0 saturated carbocycles. The number of hydrogen-bond donors (Lipinski definition) is 1. The van der Waals surface area contributed by atoms with Gasteiger partial charge in [-0.3, -0.25) is 0 Å². The highest BCUT2D eigenvalue weighted by Gasteiger charge is 2.38. The monoisotopic (exact) mass is 247 g/mol. The highest BCUT2D eigenvalue weighted by atomic mass is 16.5. The first-order valence-corrected chi connectivity index (χ1v) is 6.36. The van der Waals surface area contributed by atoms with Crippen molar-refractivity contribution < 1.29 is 14.6 Å². The molecule has 1 aromatic rings.